The van der Waals surface area contributed by atoms with Gasteiger partial charge in [0.2, 0.25) is 0 Å². The summed E-state index contributed by atoms with van der Waals surface area (Å²) in [5.74, 6) is -0.607. The Morgan fingerprint density at radius 1 is 1.05 bits per heavy atom. The van der Waals surface area contributed by atoms with Crippen molar-refractivity contribution in [2.75, 3.05) is 7.11 Å². The van der Waals surface area contributed by atoms with Gasteiger partial charge in [-0.05, 0) is 28.3 Å². The molecule has 0 aliphatic carbocycles. The molecule has 0 saturated carbocycles. The third-order valence-electron chi connectivity index (χ3n) is 4.20. The molecule has 20 heavy (non-hydrogen) atoms. The predicted octanol–water partition coefficient (Wildman–Crippen LogP) is 3.74. The third-order valence-corrected chi connectivity index (χ3v) is 4.20. The number of hydrogen-bond acceptors (Lipinski definition) is 2. The van der Waals surface area contributed by atoms with Gasteiger partial charge in [0.25, 0.3) is 0 Å². The first kappa shape index (κ1) is 11.9. The van der Waals surface area contributed by atoms with Crippen LogP contribution in [0.1, 0.15) is 22.8 Å². The summed E-state index contributed by atoms with van der Waals surface area (Å²) < 4.78 is 11.9. The number of benzene rings is 2. The molecular formula is C18H16O2. The first-order valence-electron chi connectivity index (χ1n) is 6.90. The maximum absolute atomic E-state index is 6.21. The van der Waals surface area contributed by atoms with Crippen LogP contribution in [-0.2, 0) is 15.9 Å². The van der Waals surface area contributed by atoms with E-state index >= 15 is 0 Å². The summed E-state index contributed by atoms with van der Waals surface area (Å²) in [4.78, 5) is 0. The minimum Gasteiger partial charge on any atom is -0.349 e. The van der Waals surface area contributed by atoms with E-state index in [2.05, 4.69) is 54.6 Å². The van der Waals surface area contributed by atoms with Gasteiger partial charge in [0.15, 0.2) is 5.79 Å². The number of rotatable bonds is 2. The average Bonchev–Trinajstić information content (AvgIpc) is 2.83. The lowest BCUT2D eigenvalue weighted by atomic mass is 9.93. The van der Waals surface area contributed by atoms with Gasteiger partial charge in [-0.3, -0.25) is 0 Å². The van der Waals surface area contributed by atoms with Crippen LogP contribution in [0, 0.1) is 0 Å². The summed E-state index contributed by atoms with van der Waals surface area (Å²) in [6.07, 6.45) is 2.89. The standard InChI is InChI=1S/C18H16O2/c1-19-18-11-14-9-5-6-10-15(14)17(20-18)16(12-18)13-7-3-2-4-8-13/h2-10,12,17H,11H2,1H3. The SMILES string of the molecule is COC12C=C(c3ccccc3)C(O1)c1ccccc1C2. The average molecular weight is 264 g/mol. The molecule has 2 heteroatoms. The maximum atomic E-state index is 6.21. The van der Waals surface area contributed by atoms with Gasteiger partial charge >= 0.3 is 0 Å². The van der Waals surface area contributed by atoms with Crippen molar-refractivity contribution in [1.82, 2.24) is 0 Å². The molecule has 0 aromatic heterocycles. The molecule has 0 N–H and O–H groups in total. The van der Waals surface area contributed by atoms with Gasteiger partial charge in [-0.2, -0.15) is 0 Å². The Hall–Kier alpha value is -1.90. The van der Waals surface area contributed by atoms with E-state index in [0.717, 1.165) is 6.42 Å². The highest BCUT2D eigenvalue weighted by molar-refractivity contribution is 5.74. The lowest BCUT2D eigenvalue weighted by molar-refractivity contribution is -0.199. The van der Waals surface area contributed by atoms with Crippen molar-refractivity contribution in [3.63, 3.8) is 0 Å². The number of ether oxygens (including phenoxy) is 2. The lowest BCUT2D eigenvalue weighted by Gasteiger charge is -2.33. The predicted molar refractivity (Wildman–Crippen MR) is 78.1 cm³/mol. The summed E-state index contributed by atoms with van der Waals surface area (Å²) >= 11 is 0. The van der Waals surface area contributed by atoms with Crippen molar-refractivity contribution in [3.8, 4) is 0 Å². The quantitative estimate of drug-likeness (QED) is 0.822. The molecule has 100 valence electrons. The largest absolute Gasteiger partial charge is 0.349 e. The van der Waals surface area contributed by atoms with E-state index in [9.17, 15) is 0 Å². The van der Waals surface area contributed by atoms with Gasteiger partial charge < -0.3 is 9.47 Å². The van der Waals surface area contributed by atoms with Crippen LogP contribution >= 0.6 is 0 Å². The number of hydrogen-bond donors (Lipinski definition) is 0. The molecule has 2 aromatic rings. The van der Waals surface area contributed by atoms with Crippen molar-refractivity contribution >= 4 is 5.57 Å². The van der Waals surface area contributed by atoms with Gasteiger partial charge in [0, 0.05) is 13.5 Å². The maximum Gasteiger partial charge on any atom is 0.193 e. The number of methoxy groups -OCH3 is 1. The number of fused-ring (bicyclic) bond motifs is 4. The molecule has 2 heterocycles. The van der Waals surface area contributed by atoms with Gasteiger partial charge in [-0.1, -0.05) is 54.6 Å². The van der Waals surface area contributed by atoms with Crippen molar-refractivity contribution in [1.29, 1.82) is 0 Å². The topological polar surface area (TPSA) is 18.5 Å². The van der Waals surface area contributed by atoms with E-state index in [1.807, 2.05) is 6.07 Å². The molecule has 2 aliphatic heterocycles. The van der Waals surface area contributed by atoms with Crippen LogP contribution < -0.4 is 0 Å². The minimum absolute atomic E-state index is 0.0256. The van der Waals surface area contributed by atoms with E-state index in [1.54, 1.807) is 7.11 Å². The Balaban J connectivity index is 1.88. The normalized spacial score (nSPS) is 27.1. The van der Waals surface area contributed by atoms with Crippen LogP contribution in [0.2, 0.25) is 0 Å². The van der Waals surface area contributed by atoms with Crippen molar-refractivity contribution in [3.05, 3.63) is 77.4 Å². The van der Waals surface area contributed by atoms with Gasteiger partial charge in [-0.15, -0.1) is 0 Å². The zero-order valence-corrected chi connectivity index (χ0v) is 11.4. The van der Waals surface area contributed by atoms with Crippen LogP contribution in [0.15, 0.2) is 60.7 Å². The highest BCUT2D eigenvalue weighted by Crippen LogP contribution is 2.50. The summed E-state index contributed by atoms with van der Waals surface area (Å²) in [5.41, 5.74) is 4.98. The van der Waals surface area contributed by atoms with Crippen molar-refractivity contribution in [2.45, 2.75) is 18.3 Å². The second kappa shape index (κ2) is 4.30. The lowest BCUT2D eigenvalue weighted by Crippen LogP contribution is -2.36. The molecule has 4 rings (SSSR count). The third kappa shape index (κ3) is 1.65. The highest BCUT2D eigenvalue weighted by atomic mass is 16.7. The van der Waals surface area contributed by atoms with Gasteiger partial charge in [0.1, 0.15) is 6.10 Å². The van der Waals surface area contributed by atoms with E-state index in [0.29, 0.717) is 0 Å². The molecule has 2 aliphatic rings. The van der Waals surface area contributed by atoms with Crippen LogP contribution in [0.25, 0.3) is 5.57 Å². The fourth-order valence-corrected chi connectivity index (χ4v) is 3.19. The van der Waals surface area contributed by atoms with Crippen LogP contribution in [0.5, 0.6) is 0 Å². The second-order valence-electron chi connectivity index (χ2n) is 5.36. The summed E-state index contributed by atoms with van der Waals surface area (Å²) in [6, 6.07) is 18.9. The zero-order chi connectivity index (χ0) is 13.6. The van der Waals surface area contributed by atoms with E-state index in [-0.39, 0.29) is 6.10 Å². The molecule has 2 unspecified atom stereocenters. The van der Waals surface area contributed by atoms with Crippen LogP contribution in [-0.4, -0.2) is 12.9 Å². The monoisotopic (exact) mass is 264 g/mol. The Morgan fingerprint density at radius 2 is 1.80 bits per heavy atom. The summed E-state index contributed by atoms with van der Waals surface area (Å²) in [5, 5.41) is 0. The first-order valence-corrected chi connectivity index (χ1v) is 6.90. The summed E-state index contributed by atoms with van der Waals surface area (Å²) in [6.45, 7) is 0. The Kier molecular flexibility index (Phi) is 2.56. The molecule has 0 radical (unpaired) electrons. The molecule has 2 nitrogen and oxygen atoms in total. The fourth-order valence-electron chi connectivity index (χ4n) is 3.19. The molecule has 0 amide bonds. The minimum atomic E-state index is -0.607. The van der Waals surface area contributed by atoms with Crippen molar-refractivity contribution in [2.24, 2.45) is 0 Å². The van der Waals surface area contributed by atoms with E-state index in [4.69, 9.17) is 9.47 Å². The molecule has 0 spiro atoms. The molecule has 0 fully saturated rings. The van der Waals surface area contributed by atoms with Crippen LogP contribution in [0.4, 0.5) is 0 Å². The molecule has 2 bridgehead atoms. The second-order valence-corrected chi connectivity index (χ2v) is 5.36. The Bertz CT molecular complexity index is 675. The molecule has 0 saturated heterocycles. The van der Waals surface area contributed by atoms with E-state index < -0.39 is 5.79 Å². The first-order chi connectivity index (χ1) is 9.81. The molecule has 2 atom stereocenters. The van der Waals surface area contributed by atoms with Gasteiger partial charge in [-0.25, -0.2) is 0 Å². The van der Waals surface area contributed by atoms with Crippen LogP contribution in [0.3, 0.4) is 0 Å². The van der Waals surface area contributed by atoms with Gasteiger partial charge in [0.05, 0.1) is 0 Å². The van der Waals surface area contributed by atoms with Crippen molar-refractivity contribution < 1.29 is 9.47 Å². The fraction of sp³-hybridized carbons (Fsp3) is 0.222. The highest BCUT2D eigenvalue weighted by Gasteiger charge is 2.46. The van der Waals surface area contributed by atoms with E-state index in [1.165, 1.54) is 22.3 Å². The molecular weight excluding hydrogens is 248 g/mol. The zero-order valence-electron chi connectivity index (χ0n) is 11.4. The molecule has 2 aromatic carbocycles. The smallest absolute Gasteiger partial charge is 0.193 e. The Morgan fingerprint density at radius 3 is 2.60 bits per heavy atom. The Labute approximate surface area is 118 Å². The summed E-state index contributed by atoms with van der Waals surface area (Å²) in [7, 11) is 1.72.